The maximum absolute atomic E-state index is 12.7. The second-order valence-electron chi connectivity index (χ2n) is 10.1. The number of amides is 1. The van der Waals surface area contributed by atoms with Gasteiger partial charge < -0.3 is 12.4 Å². The molecule has 1 aromatic rings. The highest BCUT2D eigenvalue weighted by Crippen LogP contribution is 2.15. The standard InChI is InChI=1S/C29H52NO.ClH/c1-4-5-6-7-8-9-10-11-12-13-14-15-16-17-18-19-20-24-27-30(2,3)29(31)28-25-22-21-23-26-28;/h21-23,25-26H,4-20,24,27H2,1-3H3;1H/q+1;/p-1. The van der Waals surface area contributed by atoms with Crippen molar-refractivity contribution in [3.8, 4) is 0 Å². The third-order valence-corrected chi connectivity index (χ3v) is 6.64. The fraction of sp³-hybridized carbons (Fsp3) is 0.759. The van der Waals surface area contributed by atoms with Crippen LogP contribution in [0.1, 0.15) is 133 Å². The van der Waals surface area contributed by atoms with Crippen LogP contribution in [-0.2, 0) is 0 Å². The number of carbonyl (C=O) groups is 1. The number of hydrogen-bond acceptors (Lipinski definition) is 1. The number of hydrogen-bond donors (Lipinski definition) is 0. The molecule has 0 saturated carbocycles. The van der Waals surface area contributed by atoms with Crippen LogP contribution in [0.3, 0.4) is 0 Å². The maximum atomic E-state index is 12.7. The van der Waals surface area contributed by atoms with Crippen LogP contribution in [0.4, 0.5) is 0 Å². The molecule has 0 N–H and O–H groups in total. The summed E-state index contributed by atoms with van der Waals surface area (Å²) in [6.07, 6.45) is 25.1. The van der Waals surface area contributed by atoms with E-state index in [9.17, 15) is 4.79 Å². The molecule has 0 unspecified atom stereocenters. The SMILES string of the molecule is CCCCCCCCCCCCCCCCCCCC[N+](C)(C)C(=O)c1ccccc1.[Cl-]. The predicted octanol–water partition coefficient (Wildman–Crippen LogP) is 5.95. The van der Waals surface area contributed by atoms with Crippen LogP contribution in [0.15, 0.2) is 30.3 Å². The highest BCUT2D eigenvalue weighted by molar-refractivity contribution is 5.88. The fourth-order valence-corrected chi connectivity index (χ4v) is 4.44. The van der Waals surface area contributed by atoms with E-state index in [1.165, 1.54) is 109 Å². The number of carbonyl (C=O) groups excluding carboxylic acids is 1. The zero-order valence-corrected chi connectivity index (χ0v) is 22.3. The second kappa shape index (κ2) is 20.7. The van der Waals surface area contributed by atoms with Gasteiger partial charge in [-0.25, -0.2) is 4.79 Å². The Morgan fingerprint density at radius 1 is 0.594 bits per heavy atom. The van der Waals surface area contributed by atoms with E-state index in [2.05, 4.69) is 6.92 Å². The molecule has 1 amide bonds. The summed E-state index contributed by atoms with van der Waals surface area (Å²) in [5.74, 6) is 0.229. The molecule has 0 spiro atoms. The zero-order chi connectivity index (χ0) is 22.6. The van der Waals surface area contributed by atoms with Crippen LogP contribution in [0.5, 0.6) is 0 Å². The molecule has 186 valence electrons. The Hall–Kier alpha value is -0.860. The molecule has 0 radical (unpaired) electrons. The van der Waals surface area contributed by atoms with E-state index >= 15 is 0 Å². The number of nitrogens with zero attached hydrogens (tertiary/aromatic N) is 1. The molecule has 1 aromatic carbocycles. The molecule has 0 atom stereocenters. The molecule has 1 rings (SSSR count). The van der Waals surface area contributed by atoms with Gasteiger partial charge in [0.05, 0.1) is 26.2 Å². The van der Waals surface area contributed by atoms with E-state index in [4.69, 9.17) is 0 Å². The second-order valence-corrected chi connectivity index (χ2v) is 10.1. The minimum atomic E-state index is 0. The molecule has 32 heavy (non-hydrogen) atoms. The van der Waals surface area contributed by atoms with E-state index in [1.807, 2.05) is 44.4 Å². The van der Waals surface area contributed by atoms with Gasteiger partial charge in [0.25, 0.3) is 0 Å². The Morgan fingerprint density at radius 3 is 1.31 bits per heavy atom. The largest absolute Gasteiger partial charge is 1.00 e. The average Bonchev–Trinajstić information content (AvgIpc) is 2.78. The molecular formula is C29H52ClNO. The Kier molecular flexibility index (Phi) is 20.2. The molecule has 0 fully saturated rings. The lowest BCUT2D eigenvalue weighted by Crippen LogP contribution is -3.00. The first-order valence-corrected chi connectivity index (χ1v) is 13.5. The molecular weight excluding hydrogens is 414 g/mol. The summed E-state index contributed by atoms with van der Waals surface area (Å²) in [6.45, 7) is 3.23. The Labute approximate surface area is 206 Å². The third kappa shape index (κ3) is 15.9. The van der Waals surface area contributed by atoms with E-state index in [-0.39, 0.29) is 18.3 Å². The lowest BCUT2D eigenvalue weighted by atomic mass is 10.0. The Balaban J connectivity index is 0.00000961. The predicted molar refractivity (Wildman–Crippen MR) is 137 cm³/mol. The monoisotopic (exact) mass is 465 g/mol. The fourth-order valence-electron chi connectivity index (χ4n) is 4.44. The highest BCUT2D eigenvalue weighted by atomic mass is 35.5. The summed E-state index contributed by atoms with van der Waals surface area (Å²) in [6, 6.07) is 9.72. The van der Waals surface area contributed by atoms with Crippen molar-refractivity contribution in [2.24, 2.45) is 0 Å². The Bertz CT molecular complexity index is 543. The zero-order valence-electron chi connectivity index (χ0n) is 21.6. The number of unbranched alkanes of at least 4 members (excludes halogenated alkanes) is 17. The van der Waals surface area contributed by atoms with E-state index in [0.717, 1.165) is 18.5 Å². The van der Waals surface area contributed by atoms with Crippen molar-refractivity contribution in [3.05, 3.63) is 35.9 Å². The van der Waals surface area contributed by atoms with Crippen LogP contribution in [-0.4, -0.2) is 31.0 Å². The van der Waals surface area contributed by atoms with Crippen LogP contribution in [0.2, 0.25) is 0 Å². The smallest absolute Gasteiger partial charge is 0.345 e. The van der Waals surface area contributed by atoms with Gasteiger partial charge in [0.1, 0.15) is 0 Å². The van der Waals surface area contributed by atoms with Gasteiger partial charge in [-0.3, -0.25) is 4.48 Å². The van der Waals surface area contributed by atoms with Crippen molar-refractivity contribution in [2.45, 2.75) is 122 Å². The van der Waals surface area contributed by atoms with E-state index < -0.39 is 0 Å². The Morgan fingerprint density at radius 2 is 0.938 bits per heavy atom. The molecule has 3 heteroatoms. The quantitative estimate of drug-likeness (QED) is 0.172. The average molecular weight is 466 g/mol. The van der Waals surface area contributed by atoms with Crippen molar-refractivity contribution in [1.29, 1.82) is 0 Å². The summed E-state index contributed by atoms with van der Waals surface area (Å²) >= 11 is 0. The van der Waals surface area contributed by atoms with Crippen molar-refractivity contribution in [3.63, 3.8) is 0 Å². The van der Waals surface area contributed by atoms with Crippen molar-refractivity contribution >= 4 is 5.91 Å². The van der Waals surface area contributed by atoms with Crippen LogP contribution < -0.4 is 12.4 Å². The molecule has 0 heterocycles. The normalized spacial score (nSPS) is 11.3. The van der Waals surface area contributed by atoms with Gasteiger partial charge in [-0.1, -0.05) is 128 Å². The summed E-state index contributed by atoms with van der Waals surface area (Å²) in [5, 5.41) is 0. The number of quaternary nitrogens is 1. The molecule has 2 nitrogen and oxygen atoms in total. The van der Waals surface area contributed by atoms with Gasteiger partial charge in [-0.15, -0.1) is 0 Å². The van der Waals surface area contributed by atoms with Crippen molar-refractivity contribution in [1.82, 2.24) is 0 Å². The highest BCUT2D eigenvalue weighted by Gasteiger charge is 2.26. The maximum Gasteiger partial charge on any atom is 0.345 e. The number of benzene rings is 1. The van der Waals surface area contributed by atoms with Crippen LogP contribution >= 0.6 is 0 Å². The lowest BCUT2D eigenvalue weighted by Gasteiger charge is -2.26. The van der Waals surface area contributed by atoms with E-state index in [0.29, 0.717) is 4.48 Å². The number of rotatable bonds is 20. The summed E-state index contributed by atoms with van der Waals surface area (Å²) < 4.78 is 0.461. The van der Waals surface area contributed by atoms with Gasteiger partial charge in [-0.05, 0) is 25.0 Å². The third-order valence-electron chi connectivity index (χ3n) is 6.64. The first-order valence-electron chi connectivity index (χ1n) is 13.5. The lowest BCUT2D eigenvalue weighted by molar-refractivity contribution is -0.807. The van der Waals surface area contributed by atoms with Crippen LogP contribution in [0.25, 0.3) is 0 Å². The molecule has 0 aliphatic rings. The molecule has 0 saturated heterocycles. The van der Waals surface area contributed by atoms with E-state index in [1.54, 1.807) is 0 Å². The molecule has 0 aromatic heterocycles. The van der Waals surface area contributed by atoms with Gasteiger partial charge in [0.2, 0.25) is 0 Å². The summed E-state index contributed by atoms with van der Waals surface area (Å²) in [5.41, 5.74) is 0.829. The summed E-state index contributed by atoms with van der Waals surface area (Å²) in [4.78, 5) is 12.7. The molecule has 0 aliphatic carbocycles. The topological polar surface area (TPSA) is 17.1 Å². The first-order chi connectivity index (χ1) is 15.1. The number of halogens is 1. The van der Waals surface area contributed by atoms with Crippen molar-refractivity contribution < 1.29 is 21.7 Å². The molecule has 0 bridgehead atoms. The molecule has 0 aliphatic heterocycles. The summed E-state index contributed by atoms with van der Waals surface area (Å²) in [7, 11) is 4.09. The van der Waals surface area contributed by atoms with Gasteiger partial charge >= 0.3 is 5.91 Å². The van der Waals surface area contributed by atoms with Gasteiger partial charge in [0.15, 0.2) is 0 Å². The van der Waals surface area contributed by atoms with Crippen molar-refractivity contribution in [2.75, 3.05) is 20.6 Å². The van der Waals surface area contributed by atoms with Crippen LogP contribution in [0, 0.1) is 0 Å². The minimum Gasteiger partial charge on any atom is -1.00 e. The first kappa shape index (κ1) is 31.1. The minimum absolute atomic E-state index is 0. The van der Waals surface area contributed by atoms with Gasteiger partial charge in [-0.2, -0.15) is 0 Å². The van der Waals surface area contributed by atoms with Gasteiger partial charge in [0, 0.05) is 0 Å².